The summed E-state index contributed by atoms with van der Waals surface area (Å²) in [5.41, 5.74) is -5.00. The number of aliphatic hydroxyl groups is 2. The standard InChI is InChI=1S/2C19H14O7/c1-19(26)5-7-4-10(21)14-15(12(7)11(22)6-19)16(23)8-2-3-9(20)17(24)13(8)18(14)25;1-19(26)5-8-11(10(21)6-19)13-14(18(25)16(8)23)17(24)12-7(15(13)22)3-2-4-9(12)20/h2-4,20-21,24,26H,5-6H2,1H3;2-4,20,23,25-26H,5-6H2,1H3. The number of Topliss-reactive ketones (excluding diaryl/α,β-unsaturated/α-hetero) is 2. The molecule has 0 bridgehead atoms. The molecule has 2 unspecified atom stereocenters. The summed E-state index contributed by atoms with van der Waals surface area (Å²) in [5, 5.41) is 81.1. The molecule has 14 heteroatoms. The summed E-state index contributed by atoms with van der Waals surface area (Å²) in [6.07, 6.45) is -0.615. The highest BCUT2D eigenvalue weighted by Gasteiger charge is 2.45. The van der Waals surface area contributed by atoms with E-state index in [1.807, 2.05) is 0 Å². The van der Waals surface area contributed by atoms with Gasteiger partial charge < -0.3 is 40.9 Å². The van der Waals surface area contributed by atoms with Crippen LogP contribution in [0.1, 0.15) is 122 Å². The zero-order valence-corrected chi connectivity index (χ0v) is 27.3. The molecular weight excluding hydrogens is 680 g/mol. The first kappa shape index (κ1) is 34.1. The van der Waals surface area contributed by atoms with Gasteiger partial charge in [0, 0.05) is 64.6 Å². The molecule has 4 aliphatic rings. The van der Waals surface area contributed by atoms with Crippen molar-refractivity contribution in [3.8, 4) is 34.5 Å². The molecule has 0 spiro atoms. The molecule has 2 atom stereocenters. The van der Waals surface area contributed by atoms with Gasteiger partial charge in [0.2, 0.25) is 11.6 Å². The van der Waals surface area contributed by atoms with E-state index < -0.39 is 91.5 Å². The molecule has 0 aliphatic heterocycles. The van der Waals surface area contributed by atoms with Crippen LogP contribution in [0.25, 0.3) is 0 Å². The number of carbonyl (C=O) groups excluding carboxylic acids is 6. The molecule has 0 saturated heterocycles. The summed E-state index contributed by atoms with van der Waals surface area (Å²) in [6.45, 7) is 2.89. The molecule has 4 aromatic rings. The molecule has 14 nitrogen and oxygen atoms in total. The number of ketones is 6. The van der Waals surface area contributed by atoms with Gasteiger partial charge in [-0.15, -0.1) is 0 Å². The van der Waals surface area contributed by atoms with Crippen molar-refractivity contribution >= 4 is 34.7 Å². The minimum atomic E-state index is -1.44. The van der Waals surface area contributed by atoms with Gasteiger partial charge in [0.15, 0.2) is 46.1 Å². The van der Waals surface area contributed by atoms with E-state index in [-0.39, 0.29) is 81.3 Å². The van der Waals surface area contributed by atoms with Crippen molar-refractivity contribution in [1.29, 1.82) is 0 Å². The zero-order chi connectivity index (χ0) is 37.9. The topological polar surface area (TPSA) is 264 Å². The number of phenolic OH excluding ortho intramolecular Hbond substituents is 6. The van der Waals surface area contributed by atoms with E-state index in [4.69, 9.17) is 0 Å². The third-order valence-corrected chi connectivity index (χ3v) is 9.76. The number of benzene rings is 4. The van der Waals surface area contributed by atoms with Gasteiger partial charge in [-0.05, 0) is 43.7 Å². The summed E-state index contributed by atoms with van der Waals surface area (Å²) in [6, 6.07) is 7.42. The third-order valence-electron chi connectivity index (χ3n) is 9.76. The van der Waals surface area contributed by atoms with Gasteiger partial charge in [-0.2, -0.15) is 0 Å². The highest BCUT2D eigenvalue weighted by Crippen LogP contribution is 2.48. The normalized spacial score (nSPS) is 21.2. The van der Waals surface area contributed by atoms with Gasteiger partial charge in [0.1, 0.15) is 11.5 Å². The van der Waals surface area contributed by atoms with Crippen molar-refractivity contribution in [2.24, 2.45) is 0 Å². The number of hydrogen-bond donors (Lipinski definition) is 8. The Morgan fingerprint density at radius 3 is 1.67 bits per heavy atom. The van der Waals surface area contributed by atoms with Crippen LogP contribution in [-0.2, 0) is 12.8 Å². The molecule has 0 saturated carbocycles. The molecule has 4 aliphatic carbocycles. The number of phenols is 6. The molecule has 0 fully saturated rings. The highest BCUT2D eigenvalue weighted by atomic mass is 16.3. The largest absolute Gasteiger partial charge is 0.507 e. The lowest BCUT2D eigenvalue weighted by Crippen LogP contribution is -2.38. The number of rotatable bonds is 0. The molecule has 0 aromatic heterocycles. The maximum atomic E-state index is 13.0. The molecule has 4 aromatic carbocycles. The molecule has 0 radical (unpaired) electrons. The number of fused-ring (bicyclic) bond motifs is 8. The first-order valence-corrected chi connectivity index (χ1v) is 15.8. The van der Waals surface area contributed by atoms with Gasteiger partial charge in [0.25, 0.3) is 0 Å². The maximum absolute atomic E-state index is 13.0. The molecule has 0 heterocycles. The Morgan fingerprint density at radius 1 is 0.462 bits per heavy atom. The average Bonchev–Trinajstić information content (AvgIpc) is 3.04. The van der Waals surface area contributed by atoms with Crippen LogP contribution in [0.15, 0.2) is 36.4 Å². The zero-order valence-electron chi connectivity index (χ0n) is 27.3. The van der Waals surface area contributed by atoms with E-state index in [9.17, 15) is 69.6 Å². The van der Waals surface area contributed by atoms with Crippen LogP contribution < -0.4 is 0 Å². The maximum Gasteiger partial charge on any atom is 0.202 e. The number of carbonyl (C=O) groups is 6. The van der Waals surface area contributed by atoms with E-state index in [2.05, 4.69) is 0 Å². The summed E-state index contributed by atoms with van der Waals surface area (Å²) < 4.78 is 0. The summed E-state index contributed by atoms with van der Waals surface area (Å²) >= 11 is 0. The Kier molecular flexibility index (Phi) is 7.25. The van der Waals surface area contributed by atoms with Crippen molar-refractivity contribution in [2.75, 3.05) is 0 Å². The van der Waals surface area contributed by atoms with E-state index in [1.54, 1.807) is 0 Å². The van der Waals surface area contributed by atoms with Crippen molar-refractivity contribution < 1.29 is 69.6 Å². The van der Waals surface area contributed by atoms with Crippen molar-refractivity contribution in [1.82, 2.24) is 0 Å². The summed E-state index contributed by atoms with van der Waals surface area (Å²) in [5.74, 6) is -8.04. The molecule has 8 N–H and O–H groups in total. The first-order chi connectivity index (χ1) is 24.3. The summed E-state index contributed by atoms with van der Waals surface area (Å²) in [4.78, 5) is 76.8. The molecular formula is C38H28O14. The monoisotopic (exact) mass is 708 g/mol. The first-order valence-electron chi connectivity index (χ1n) is 15.8. The van der Waals surface area contributed by atoms with E-state index in [0.29, 0.717) is 0 Å². The van der Waals surface area contributed by atoms with Crippen molar-refractivity contribution in [2.45, 2.75) is 50.7 Å². The lowest BCUT2D eigenvalue weighted by Gasteiger charge is -2.32. The molecule has 8 rings (SSSR count). The third kappa shape index (κ3) is 4.79. The number of hydrogen-bond acceptors (Lipinski definition) is 14. The Balaban J connectivity index is 0.000000162. The lowest BCUT2D eigenvalue weighted by atomic mass is 9.72. The van der Waals surface area contributed by atoms with Gasteiger partial charge >= 0.3 is 0 Å². The second kappa shape index (κ2) is 11.1. The molecule has 264 valence electrons. The van der Waals surface area contributed by atoms with E-state index in [1.165, 1.54) is 44.2 Å². The minimum absolute atomic E-state index is 0.0147. The van der Waals surface area contributed by atoms with Crippen LogP contribution in [0, 0.1) is 0 Å². The fourth-order valence-electron chi connectivity index (χ4n) is 7.61. The van der Waals surface area contributed by atoms with Crippen molar-refractivity contribution in [3.05, 3.63) is 103 Å². The van der Waals surface area contributed by atoms with Crippen LogP contribution in [0.4, 0.5) is 0 Å². The van der Waals surface area contributed by atoms with Gasteiger partial charge in [-0.3, -0.25) is 28.8 Å². The summed E-state index contributed by atoms with van der Waals surface area (Å²) in [7, 11) is 0. The van der Waals surface area contributed by atoms with Gasteiger partial charge in [-0.25, -0.2) is 0 Å². The Hall–Kier alpha value is -6.38. The molecule has 0 amide bonds. The predicted molar refractivity (Wildman–Crippen MR) is 176 cm³/mol. The van der Waals surface area contributed by atoms with Crippen LogP contribution in [0.3, 0.4) is 0 Å². The molecule has 52 heavy (non-hydrogen) atoms. The second-order valence-electron chi connectivity index (χ2n) is 13.9. The predicted octanol–water partition coefficient (Wildman–Crippen LogP) is 2.92. The van der Waals surface area contributed by atoms with Crippen LogP contribution in [0.5, 0.6) is 34.5 Å². The van der Waals surface area contributed by atoms with Crippen LogP contribution in [-0.4, -0.2) is 86.8 Å². The fraction of sp³-hybridized carbons (Fsp3) is 0.211. The Labute approximate surface area is 292 Å². The highest BCUT2D eigenvalue weighted by molar-refractivity contribution is 6.34. The average molecular weight is 709 g/mol. The lowest BCUT2D eigenvalue weighted by molar-refractivity contribution is 0.0393. The smallest absolute Gasteiger partial charge is 0.202 e. The quantitative estimate of drug-likeness (QED) is 0.106. The van der Waals surface area contributed by atoms with E-state index >= 15 is 0 Å². The Morgan fingerprint density at radius 2 is 1.02 bits per heavy atom. The second-order valence-corrected chi connectivity index (χ2v) is 13.9. The van der Waals surface area contributed by atoms with Gasteiger partial charge in [-0.1, -0.05) is 12.1 Å². The fourth-order valence-corrected chi connectivity index (χ4v) is 7.61. The minimum Gasteiger partial charge on any atom is -0.507 e. The Bertz CT molecular complexity index is 2430. The van der Waals surface area contributed by atoms with E-state index in [0.717, 1.165) is 6.07 Å². The van der Waals surface area contributed by atoms with Gasteiger partial charge in [0.05, 0.1) is 33.5 Å². The SMILES string of the molecule is CC1(O)CC(=O)c2c(c(O)c(O)c3c2C(=O)c2cccc(O)c2C3=O)C1.CC1(O)CC(=O)c2c(cc(O)c3c2C(=O)c2ccc(O)c(O)c2C3=O)C1. The van der Waals surface area contributed by atoms with Crippen LogP contribution >= 0.6 is 0 Å². The van der Waals surface area contributed by atoms with Crippen LogP contribution in [0.2, 0.25) is 0 Å². The van der Waals surface area contributed by atoms with Crippen molar-refractivity contribution in [3.63, 3.8) is 0 Å². The number of aromatic hydroxyl groups is 6.